The Morgan fingerprint density at radius 3 is 2.24 bits per heavy atom. The summed E-state index contributed by atoms with van der Waals surface area (Å²) in [6.07, 6.45) is 10.8. The highest BCUT2D eigenvalue weighted by molar-refractivity contribution is 5.85. The summed E-state index contributed by atoms with van der Waals surface area (Å²) in [4.78, 5) is 12.7. The first-order valence-corrected chi connectivity index (χ1v) is 8.58. The van der Waals surface area contributed by atoms with Crippen LogP contribution in [-0.4, -0.2) is 18.5 Å². The zero-order valence-corrected chi connectivity index (χ0v) is 14.5. The summed E-state index contributed by atoms with van der Waals surface area (Å²) < 4.78 is 0. The number of rotatable bonds is 6. The fourth-order valence-corrected chi connectivity index (χ4v) is 4.14. The highest BCUT2D eigenvalue weighted by Gasteiger charge is 2.45. The summed E-state index contributed by atoms with van der Waals surface area (Å²) in [6, 6.07) is 0.201. The van der Waals surface area contributed by atoms with E-state index in [-0.39, 0.29) is 23.9 Å². The van der Waals surface area contributed by atoms with Gasteiger partial charge in [-0.3, -0.25) is 4.79 Å². The van der Waals surface area contributed by atoms with Crippen LogP contribution in [0.15, 0.2) is 0 Å². The molecule has 0 aromatic carbocycles. The Labute approximate surface area is 136 Å². The molecule has 2 rings (SSSR count). The lowest BCUT2D eigenvalue weighted by Gasteiger charge is -2.43. The molecule has 0 spiro atoms. The van der Waals surface area contributed by atoms with Crippen LogP contribution in [0.1, 0.15) is 71.6 Å². The number of nitrogens with two attached hydrogens (primary N) is 1. The molecule has 0 bridgehead atoms. The third-order valence-corrected chi connectivity index (χ3v) is 5.38. The minimum atomic E-state index is -0.0732. The monoisotopic (exact) mass is 316 g/mol. The molecule has 2 saturated carbocycles. The highest BCUT2D eigenvalue weighted by Crippen LogP contribution is 2.46. The number of carbonyl (C=O) groups excluding carboxylic acids is 1. The Bertz CT molecular complexity index is 323. The second-order valence-electron chi connectivity index (χ2n) is 7.45. The molecule has 21 heavy (non-hydrogen) atoms. The van der Waals surface area contributed by atoms with Gasteiger partial charge in [0.2, 0.25) is 5.91 Å². The van der Waals surface area contributed by atoms with Crippen LogP contribution < -0.4 is 11.1 Å². The van der Waals surface area contributed by atoms with Gasteiger partial charge >= 0.3 is 0 Å². The highest BCUT2D eigenvalue weighted by atomic mass is 35.5. The quantitative estimate of drug-likeness (QED) is 0.786. The first-order valence-electron chi connectivity index (χ1n) is 8.58. The molecule has 4 heteroatoms. The summed E-state index contributed by atoms with van der Waals surface area (Å²) in [7, 11) is 0. The lowest BCUT2D eigenvalue weighted by Crippen LogP contribution is -2.53. The molecule has 2 aliphatic carbocycles. The third kappa shape index (κ3) is 4.59. The number of halogens is 1. The van der Waals surface area contributed by atoms with Crippen molar-refractivity contribution >= 4 is 18.3 Å². The Kier molecular flexibility index (Phi) is 7.49. The molecule has 1 amide bonds. The van der Waals surface area contributed by atoms with Crippen molar-refractivity contribution in [2.24, 2.45) is 23.0 Å². The zero-order chi connectivity index (χ0) is 14.6. The van der Waals surface area contributed by atoms with Crippen molar-refractivity contribution in [1.82, 2.24) is 5.32 Å². The molecular weight excluding hydrogens is 284 g/mol. The molecule has 2 aliphatic rings. The van der Waals surface area contributed by atoms with E-state index in [0.717, 1.165) is 19.3 Å². The normalized spacial score (nSPS) is 23.0. The third-order valence-electron chi connectivity index (χ3n) is 5.38. The summed E-state index contributed by atoms with van der Waals surface area (Å²) >= 11 is 0. The maximum absolute atomic E-state index is 12.7. The molecule has 0 saturated heterocycles. The summed E-state index contributed by atoms with van der Waals surface area (Å²) in [5.74, 6) is 1.49. The first kappa shape index (κ1) is 18.8. The van der Waals surface area contributed by atoms with Gasteiger partial charge in [0.1, 0.15) is 0 Å². The Morgan fingerprint density at radius 2 is 1.81 bits per heavy atom. The van der Waals surface area contributed by atoms with E-state index in [2.05, 4.69) is 19.2 Å². The van der Waals surface area contributed by atoms with Crippen LogP contribution in [0.4, 0.5) is 0 Å². The minimum absolute atomic E-state index is 0. The molecular formula is C17H33ClN2O. The van der Waals surface area contributed by atoms with E-state index >= 15 is 0 Å². The summed E-state index contributed by atoms with van der Waals surface area (Å²) in [5.41, 5.74) is 5.87. The van der Waals surface area contributed by atoms with Gasteiger partial charge in [0.15, 0.2) is 0 Å². The van der Waals surface area contributed by atoms with Crippen molar-refractivity contribution in [3.8, 4) is 0 Å². The van der Waals surface area contributed by atoms with Crippen LogP contribution in [0.5, 0.6) is 0 Å². The van der Waals surface area contributed by atoms with Gasteiger partial charge in [-0.2, -0.15) is 0 Å². The molecule has 124 valence electrons. The second-order valence-corrected chi connectivity index (χ2v) is 7.45. The van der Waals surface area contributed by atoms with Crippen molar-refractivity contribution in [1.29, 1.82) is 0 Å². The molecule has 1 unspecified atom stereocenters. The predicted octanol–water partition coefficient (Wildman–Crippen LogP) is 3.65. The van der Waals surface area contributed by atoms with Crippen LogP contribution in [0.3, 0.4) is 0 Å². The minimum Gasteiger partial charge on any atom is -0.351 e. The van der Waals surface area contributed by atoms with Gasteiger partial charge < -0.3 is 11.1 Å². The molecule has 0 heterocycles. The van der Waals surface area contributed by atoms with Crippen LogP contribution >= 0.6 is 12.4 Å². The average molecular weight is 317 g/mol. The van der Waals surface area contributed by atoms with E-state index in [1.165, 1.54) is 38.5 Å². The van der Waals surface area contributed by atoms with E-state index in [9.17, 15) is 4.79 Å². The van der Waals surface area contributed by atoms with Crippen LogP contribution in [0.2, 0.25) is 0 Å². The number of amides is 1. The van der Waals surface area contributed by atoms with Gasteiger partial charge in [0.05, 0.1) is 0 Å². The fourth-order valence-electron chi connectivity index (χ4n) is 4.14. The van der Waals surface area contributed by atoms with Gasteiger partial charge in [-0.05, 0) is 43.9 Å². The van der Waals surface area contributed by atoms with E-state index in [4.69, 9.17) is 5.73 Å². The van der Waals surface area contributed by atoms with Crippen molar-refractivity contribution < 1.29 is 4.79 Å². The Morgan fingerprint density at radius 1 is 1.19 bits per heavy atom. The van der Waals surface area contributed by atoms with E-state index in [1.807, 2.05) is 0 Å². The van der Waals surface area contributed by atoms with Crippen LogP contribution in [0, 0.1) is 17.3 Å². The molecule has 0 aromatic heterocycles. The Hall–Kier alpha value is -0.280. The molecule has 2 fully saturated rings. The Balaban J connectivity index is 0.00000220. The number of hydrogen-bond donors (Lipinski definition) is 2. The molecule has 1 atom stereocenters. The maximum atomic E-state index is 12.7. The van der Waals surface area contributed by atoms with Crippen molar-refractivity contribution in [2.45, 2.75) is 77.7 Å². The van der Waals surface area contributed by atoms with E-state index in [0.29, 0.717) is 24.3 Å². The molecule has 3 N–H and O–H groups in total. The van der Waals surface area contributed by atoms with Crippen molar-refractivity contribution in [3.05, 3.63) is 0 Å². The molecule has 0 aromatic rings. The second kappa shape index (κ2) is 8.38. The average Bonchev–Trinajstić information content (AvgIpc) is 2.40. The summed E-state index contributed by atoms with van der Waals surface area (Å²) in [6.45, 7) is 5.03. The van der Waals surface area contributed by atoms with Gasteiger partial charge in [0, 0.05) is 18.0 Å². The number of carbonyl (C=O) groups is 1. The topological polar surface area (TPSA) is 55.1 Å². The lowest BCUT2D eigenvalue weighted by atomic mass is 9.63. The van der Waals surface area contributed by atoms with Crippen LogP contribution in [0.25, 0.3) is 0 Å². The van der Waals surface area contributed by atoms with E-state index in [1.54, 1.807) is 0 Å². The fraction of sp³-hybridized carbons (Fsp3) is 0.941. The predicted molar refractivity (Wildman–Crippen MR) is 90.5 cm³/mol. The largest absolute Gasteiger partial charge is 0.351 e. The smallest absolute Gasteiger partial charge is 0.226 e. The standard InChI is InChI=1S/C17H32N2O.ClH/c1-13(2)11-17(9-6-10-17)16(20)19-15(12-18)14-7-4-3-5-8-14;/h13-15H,3-12,18H2,1-2H3,(H,19,20);1H. The number of hydrogen-bond acceptors (Lipinski definition) is 2. The SMILES string of the molecule is CC(C)CC1(C(=O)NC(CN)C2CCCCC2)CCC1.Cl. The molecule has 3 nitrogen and oxygen atoms in total. The van der Waals surface area contributed by atoms with Crippen molar-refractivity contribution in [2.75, 3.05) is 6.54 Å². The van der Waals surface area contributed by atoms with Crippen LogP contribution in [-0.2, 0) is 4.79 Å². The lowest BCUT2D eigenvalue weighted by molar-refractivity contribution is -0.138. The van der Waals surface area contributed by atoms with Gasteiger partial charge in [-0.25, -0.2) is 0 Å². The molecule has 0 aliphatic heterocycles. The van der Waals surface area contributed by atoms with Gasteiger partial charge in [-0.1, -0.05) is 39.5 Å². The van der Waals surface area contributed by atoms with Gasteiger partial charge in [0.25, 0.3) is 0 Å². The number of nitrogens with one attached hydrogen (secondary N) is 1. The van der Waals surface area contributed by atoms with Gasteiger partial charge in [-0.15, -0.1) is 12.4 Å². The summed E-state index contributed by atoms with van der Waals surface area (Å²) in [5, 5.41) is 3.32. The van der Waals surface area contributed by atoms with E-state index < -0.39 is 0 Å². The maximum Gasteiger partial charge on any atom is 0.226 e. The molecule has 0 radical (unpaired) electrons. The first-order chi connectivity index (χ1) is 9.57. The van der Waals surface area contributed by atoms with Crippen molar-refractivity contribution in [3.63, 3.8) is 0 Å². The zero-order valence-electron chi connectivity index (χ0n) is 13.7.